The molecule has 0 radical (unpaired) electrons. The summed E-state index contributed by atoms with van der Waals surface area (Å²) in [6, 6.07) is 10.7. The second-order valence-electron chi connectivity index (χ2n) is 9.20. The van der Waals surface area contributed by atoms with Gasteiger partial charge < -0.3 is 14.5 Å². The molecule has 1 N–H and O–H groups in total. The number of ether oxygens (including phenoxy) is 1. The molecule has 0 saturated heterocycles. The average Bonchev–Trinajstić information content (AvgIpc) is 3.02. The van der Waals surface area contributed by atoms with Crippen LogP contribution in [0.1, 0.15) is 28.4 Å². The zero-order chi connectivity index (χ0) is 28.4. The normalized spacial score (nSPS) is 16.6. The number of hydrogen-bond acceptors (Lipinski definition) is 9. The van der Waals surface area contributed by atoms with Crippen molar-refractivity contribution < 1.29 is 30.9 Å². The molecule has 4 heterocycles. The largest absolute Gasteiger partial charge is 0.493 e. The van der Waals surface area contributed by atoms with Gasteiger partial charge in [0.25, 0.3) is 5.91 Å². The third kappa shape index (κ3) is 5.39. The maximum Gasteiger partial charge on any atom is 0.301 e. The first kappa shape index (κ1) is 28.0. The predicted molar refractivity (Wildman–Crippen MR) is 151 cm³/mol. The first-order chi connectivity index (χ1) is 19.2. The second kappa shape index (κ2) is 11.5. The summed E-state index contributed by atoms with van der Waals surface area (Å²) < 4.78 is 57.0. The van der Waals surface area contributed by atoms with Crippen molar-refractivity contribution in [2.75, 3.05) is 53.2 Å². The van der Waals surface area contributed by atoms with E-state index in [0.717, 1.165) is 11.1 Å². The van der Waals surface area contributed by atoms with Gasteiger partial charge in [-0.25, -0.2) is 18.4 Å². The fourth-order valence-corrected chi connectivity index (χ4v) is 6.68. The van der Waals surface area contributed by atoms with E-state index >= 15 is 0 Å². The van der Waals surface area contributed by atoms with E-state index in [-0.39, 0.29) is 37.8 Å². The Bertz CT molecular complexity index is 1570. The first-order valence-corrected chi connectivity index (χ1v) is 15.3. The van der Waals surface area contributed by atoms with Crippen LogP contribution in [0.4, 0.5) is 23.0 Å². The summed E-state index contributed by atoms with van der Waals surface area (Å²) in [4.78, 5) is 26.0. The summed E-state index contributed by atoms with van der Waals surface area (Å²) in [6.45, 7) is 2.52. The molecule has 0 saturated carbocycles. The Labute approximate surface area is 235 Å². The molecule has 212 valence electrons. The minimum absolute atomic E-state index is 0.0947. The highest BCUT2D eigenvalue weighted by Crippen LogP contribution is 2.38. The van der Waals surface area contributed by atoms with E-state index in [1.165, 1.54) is 4.31 Å². The second-order valence-corrected chi connectivity index (χ2v) is 11.9. The van der Waals surface area contributed by atoms with Crippen molar-refractivity contribution in [3.8, 4) is 5.75 Å². The number of amides is 1. The van der Waals surface area contributed by atoms with Crippen molar-refractivity contribution >= 4 is 50.3 Å². The molecule has 2 aromatic heterocycles. The van der Waals surface area contributed by atoms with E-state index in [0.29, 0.717) is 47.3 Å². The van der Waals surface area contributed by atoms with Crippen LogP contribution in [0.3, 0.4) is 0 Å². The molecule has 1 aromatic carbocycles. The number of carbonyl (C=O) groups is 1. The molecule has 0 spiro atoms. The molecule has 0 aliphatic carbocycles. The minimum atomic E-state index is -3.60. The Kier molecular flexibility index (Phi) is 8.03. The molecule has 0 fully saturated rings. The quantitative estimate of drug-likeness (QED) is 0.371. The van der Waals surface area contributed by atoms with Gasteiger partial charge in [0.15, 0.2) is 5.82 Å². The third-order valence-electron chi connectivity index (χ3n) is 6.86. The predicted octanol–water partition coefficient (Wildman–Crippen LogP) is 2.69. The summed E-state index contributed by atoms with van der Waals surface area (Å²) in [7, 11) is -1.88. The van der Waals surface area contributed by atoms with Gasteiger partial charge in [-0.2, -0.15) is 4.21 Å². The summed E-state index contributed by atoms with van der Waals surface area (Å²) in [6.07, 6.45) is 4.17. The Balaban J connectivity index is 1.34. The maximum absolute atomic E-state index is 13.4. The molecule has 40 heavy (non-hydrogen) atoms. The lowest BCUT2D eigenvalue weighted by Gasteiger charge is -2.31. The molecule has 5 rings (SSSR count). The number of pyridine rings is 2. The van der Waals surface area contributed by atoms with Crippen molar-refractivity contribution in [3.05, 3.63) is 65.5 Å². The molecule has 1 atom stereocenters. The summed E-state index contributed by atoms with van der Waals surface area (Å²) in [5, 5.41) is 0. The molecular weight excluding hydrogens is 558 g/mol. The molecular formula is C26H29N5O7S2. The van der Waals surface area contributed by atoms with Gasteiger partial charge >= 0.3 is 11.4 Å². The van der Waals surface area contributed by atoms with Crippen LogP contribution in [0.5, 0.6) is 5.75 Å². The number of carbonyl (C=O) groups excluding carboxylic acids is 1. The number of nitrogens with zero attached hydrogens (tertiary/aromatic N) is 5. The summed E-state index contributed by atoms with van der Waals surface area (Å²) in [5.74, 6) is 1.49. The van der Waals surface area contributed by atoms with E-state index < -0.39 is 21.4 Å². The van der Waals surface area contributed by atoms with Crippen LogP contribution in [0, 0.1) is 0 Å². The van der Waals surface area contributed by atoms with Crippen molar-refractivity contribution in [1.82, 2.24) is 9.97 Å². The van der Waals surface area contributed by atoms with Crippen molar-refractivity contribution in [3.63, 3.8) is 0 Å². The molecule has 2 aliphatic rings. The van der Waals surface area contributed by atoms with Gasteiger partial charge in [0.05, 0.1) is 42.4 Å². The molecule has 0 bridgehead atoms. The lowest BCUT2D eigenvalue weighted by molar-refractivity contribution is 0.0994. The summed E-state index contributed by atoms with van der Waals surface area (Å²) >= 11 is -2.48. The molecule has 1 amide bonds. The third-order valence-corrected chi connectivity index (χ3v) is 9.00. The number of rotatable bonds is 9. The van der Waals surface area contributed by atoms with Gasteiger partial charge in [0.1, 0.15) is 11.6 Å². The molecule has 3 aromatic rings. The lowest BCUT2D eigenvalue weighted by Crippen LogP contribution is -2.40. The Morgan fingerprint density at radius 3 is 2.67 bits per heavy atom. The van der Waals surface area contributed by atoms with Crippen LogP contribution < -0.4 is 18.8 Å². The SMILES string of the molecule is CCN1c2ncc(CCOc3cccc4c3CCS(=O)(=O)N4CCOS(=O)O)cc2C(=O)N(C)c2cccnc21. The van der Waals surface area contributed by atoms with Crippen LogP contribution in [0.2, 0.25) is 0 Å². The number of aromatic nitrogens is 2. The van der Waals surface area contributed by atoms with E-state index in [2.05, 4.69) is 14.2 Å². The number of anilines is 4. The van der Waals surface area contributed by atoms with E-state index in [1.807, 2.05) is 24.0 Å². The van der Waals surface area contributed by atoms with Crippen molar-refractivity contribution in [2.45, 2.75) is 19.8 Å². The number of hydrogen-bond donors (Lipinski definition) is 1. The highest BCUT2D eigenvalue weighted by atomic mass is 32.2. The van der Waals surface area contributed by atoms with Gasteiger partial charge in [-0.1, -0.05) is 6.07 Å². The highest BCUT2D eigenvalue weighted by Gasteiger charge is 2.32. The first-order valence-electron chi connectivity index (χ1n) is 12.7. The Hall–Kier alpha value is -3.59. The Morgan fingerprint density at radius 2 is 1.90 bits per heavy atom. The molecule has 1 unspecified atom stereocenters. The molecule has 14 heteroatoms. The average molecular weight is 588 g/mol. The highest BCUT2D eigenvalue weighted by molar-refractivity contribution is 7.92. The van der Waals surface area contributed by atoms with Crippen LogP contribution in [0.15, 0.2) is 48.8 Å². The van der Waals surface area contributed by atoms with Crippen LogP contribution in [-0.2, 0) is 38.4 Å². The Morgan fingerprint density at radius 1 is 1.10 bits per heavy atom. The van der Waals surface area contributed by atoms with Gasteiger partial charge in [-0.15, -0.1) is 0 Å². The van der Waals surface area contributed by atoms with E-state index in [9.17, 15) is 17.4 Å². The van der Waals surface area contributed by atoms with Crippen LogP contribution in [-0.4, -0.2) is 72.2 Å². The van der Waals surface area contributed by atoms with Crippen molar-refractivity contribution in [1.29, 1.82) is 0 Å². The van der Waals surface area contributed by atoms with Gasteiger partial charge in [0.2, 0.25) is 10.0 Å². The summed E-state index contributed by atoms with van der Waals surface area (Å²) in [5.41, 5.74) is 3.20. The smallest absolute Gasteiger partial charge is 0.301 e. The topological polar surface area (TPSA) is 142 Å². The lowest BCUT2D eigenvalue weighted by atomic mass is 10.1. The molecule has 2 aliphatic heterocycles. The van der Waals surface area contributed by atoms with Gasteiger partial charge in [-0.3, -0.25) is 17.8 Å². The van der Waals surface area contributed by atoms with E-state index in [4.69, 9.17) is 9.29 Å². The standard InChI is InChI=1S/C26H29N5O7S2/c1-3-30-24-20(26(32)29(2)22-7-5-11-27-25(22)30)16-18(17-28-24)9-13-37-23-8-4-6-21-19(23)10-15-40(35,36)31(21)12-14-38-39(33)34/h4-8,11,16-17H,3,9-10,12-15H2,1-2H3,(H,33,34). The van der Waals surface area contributed by atoms with E-state index in [1.54, 1.807) is 48.6 Å². The fourth-order valence-electron chi connectivity index (χ4n) is 4.95. The van der Waals surface area contributed by atoms with Crippen LogP contribution >= 0.6 is 0 Å². The van der Waals surface area contributed by atoms with Gasteiger partial charge in [-0.05, 0) is 49.2 Å². The number of sulfonamides is 1. The zero-order valence-electron chi connectivity index (χ0n) is 22.0. The fraction of sp³-hybridized carbons (Fsp3) is 0.346. The number of fused-ring (bicyclic) bond motifs is 3. The zero-order valence-corrected chi connectivity index (χ0v) is 23.7. The van der Waals surface area contributed by atoms with Crippen molar-refractivity contribution in [2.24, 2.45) is 0 Å². The number of benzene rings is 1. The van der Waals surface area contributed by atoms with Crippen LogP contribution in [0.25, 0.3) is 0 Å². The van der Waals surface area contributed by atoms with Gasteiger partial charge in [0, 0.05) is 38.0 Å². The maximum atomic E-state index is 13.4. The minimum Gasteiger partial charge on any atom is -0.493 e. The molecule has 12 nitrogen and oxygen atoms in total. The monoisotopic (exact) mass is 587 g/mol.